The SMILES string of the molecule is CC(=O)NCCc1cc(C(=O)c2ccccc2)cc2ccc(OC3CCCCC3)cc12. The molecule has 4 nitrogen and oxygen atoms in total. The van der Waals surface area contributed by atoms with Crippen LogP contribution in [0.25, 0.3) is 10.8 Å². The van der Waals surface area contributed by atoms with Crippen molar-refractivity contribution in [2.24, 2.45) is 0 Å². The van der Waals surface area contributed by atoms with E-state index in [2.05, 4.69) is 11.4 Å². The molecule has 0 spiro atoms. The molecule has 1 N–H and O–H groups in total. The van der Waals surface area contributed by atoms with Gasteiger partial charge in [-0.1, -0.05) is 42.8 Å². The first-order valence-corrected chi connectivity index (χ1v) is 11.2. The standard InChI is InChI=1S/C27H29NO3/c1-19(29)28-15-14-22-17-23(27(30)20-8-4-2-5-9-20)16-21-12-13-25(18-26(21)22)31-24-10-6-3-7-11-24/h2,4-5,8-9,12-13,16-18,24H,3,6-7,10-11,14-15H2,1H3,(H,28,29). The van der Waals surface area contributed by atoms with Gasteiger partial charge in [0, 0.05) is 24.6 Å². The highest BCUT2D eigenvalue weighted by molar-refractivity contribution is 6.11. The van der Waals surface area contributed by atoms with Crippen LogP contribution in [0.3, 0.4) is 0 Å². The van der Waals surface area contributed by atoms with Crippen LogP contribution in [0.2, 0.25) is 0 Å². The van der Waals surface area contributed by atoms with E-state index >= 15 is 0 Å². The number of fused-ring (bicyclic) bond motifs is 1. The number of benzene rings is 3. The average molecular weight is 416 g/mol. The third kappa shape index (κ3) is 5.32. The van der Waals surface area contributed by atoms with E-state index in [1.54, 1.807) is 0 Å². The lowest BCUT2D eigenvalue weighted by Crippen LogP contribution is -2.22. The van der Waals surface area contributed by atoms with Crippen LogP contribution in [0.1, 0.15) is 60.5 Å². The molecular weight excluding hydrogens is 386 g/mol. The first-order chi connectivity index (χ1) is 15.1. The second kappa shape index (κ2) is 9.78. The molecule has 1 saturated carbocycles. The molecule has 1 aliphatic carbocycles. The van der Waals surface area contributed by atoms with Crippen molar-refractivity contribution < 1.29 is 14.3 Å². The Labute approximate surface area is 183 Å². The van der Waals surface area contributed by atoms with Gasteiger partial charge in [0.25, 0.3) is 0 Å². The molecule has 1 aliphatic rings. The highest BCUT2D eigenvalue weighted by Crippen LogP contribution is 2.30. The molecule has 1 amide bonds. The molecule has 31 heavy (non-hydrogen) atoms. The summed E-state index contributed by atoms with van der Waals surface area (Å²) in [4.78, 5) is 24.4. The summed E-state index contributed by atoms with van der Waals surface area (Å²) in [5, 5.41) is 4.95. The molecule has 0 aliphatic heterocycles. The van der Waals surface area contributed by atoms with Gasteiger partial charge >= 0.3 is 0 Å². The van der Waals surface area contributed by atoms with E-state index in [0.717, 1.165) is 34.9 Å². The van der Waals surface area contributed by atoms with Crippen molar-refractivity contribution in [3.05, 3.63) is 77.4 Å². The minimum Gasteiger partial charge on any atom is -0.490 e. The molecule has 4 rings (SSSR count). The van der Waals surface area contributed by atoms with Gasteiger partial charge in [-0.15, -0.1) is 0 Å². The molecule has 0 heterocycles. The van der Waals surface area contributed by atoms with E-state index in [1.807, 2.05) is 54.6 Å². The maximum absolute atomic E-state index is 13.1. The molecule has 0 unspecified atom stereocenters. The smallest absolute Gasteiger partial charge is 0.216 e. The molecule has 160 valence electrons. The van der Waals surface area contributed by atoms with Crippen molar-refractivity contribution in [2.45, 2.75) is 51.6 Å². The molecule has 0 saturated heterocycles. The van der Waals surface area contributed by atoms with Crippen LogP contribution in [0.15, 0.2) is 60.7 Å². The van der Waals surface area contributed by atoms with Crippen LogP contribution in [-0.4, -0.2) is 24.3 Å². The van der Waals surface area contributed by atoms with Gasteiger partial charge in [0.1, 0.15) is 5.75 Å². The lowest BCUT2D eigenvalue weighted by Gasteiger charge is -2.23. The Kier molecular flexibility index (Phi) is 6.66. The quantitative estimate of drug-likeness (QED) is 0.521. The zero-order valence-electron chi connectivity index (χ0n) is 18.0. The van der Waals surface area contributed by atoms with Gasteiger partial charge in [-0.25, -0.2) is 0 Å². The Bertz CT molecular complexity index is 1070. The van der Waals surface area contributed by atoms with Crippen molar-refractivity contribution >= 4 is 22.5 Å². The monoisotopic (exact) mass is 415 g/mol. The van der Waals surface area contributed by atoms with Crippen molar-refractivity contribution in [2.75, 3.05) is 6.54 Å². The Morgan fingerprint density at radius 2 is 1.71 bits per heavy atom. The van der Waals surface area contributed by atoms with E-state index in [9.17, 15) is 9.59 Å². The second-order valence-electron chi connectivity index (χ2n) is 8.32. The van der Waals surface area contributed by atoms with Gasteiger partial charge in [0.2, 0.25) is 5.91 Å². The number of ketones is 1. The maximum Gasteiger partial charge on any atom is 0.216 e. The average Bonchev–Trinajstić information content (AvgIpc) is 2.79. The zero-order valence-corrected chi connectivity index (χ0v) is 18.0. The van der Waals surface area contributed by atoms with Gasteiger partial charge in [-0.2, -0.15) is 0 Å². The molecule has 4 heteroatoms. The largest absolute Gasteiger partial charge is 0.490 e. The minimum absolute atomic E-state index is 0.00538. The highest BCUT2D eigenvalue weighted by Gasteiger charge is 2.17. The fourth-order valence-corrected chi connectivity index (χ4v) is 4.33. The van der Waals surface area contributed by atoms with Crippen LogP contribution < -0.4 is 10.1 Å². The summed E-state index contributed by atoms with van der Waals surface area (Å²) < 4.78 is 6.27. The topological polar surface area (TPSA) is 55.4 Å². The van der Waals surface area contributed by atoms with Gasteiger partial charge in [0.15, 0.2) is 5.78 Å². The Balaban J connectivity index is 1.67. The van der Waals surface area contributed by atoms with E-state index in [-0.39, 0.29) is 17.8 Å². The van der Waals surface area contributed by atoms with E-state index < -0.39 is 0 Å². The van der Waals surface area contributed by atoms with Gasteiger partial charge in [-0.3, -0.25) is 9.59 Å². The molecule has 0 aromatic heterocycles. The third-order valence-electron chi connectivity index (χ3n) is 5.93. The fourth-order valence-electron chi connectivity index (χ4n) is 4.33. The molecule has 0 atom stereocenters. The van der Waals surface area contributed by atoms with Gasteiger partial charge in [-0.05, 0) is 72.7 Å². The molecule has 0 radical (unpaired) electrons. The fraction of sp³-hybridized carbons (Fsp3) is 0.333. The summed E-state index contributed by atoms with van der Waals surface area (Å²) in [5.41, 5.74) is 2.38. The van der Waals surface area contributed by atoms with E-state index in [1.165, 1.54) is 26.2 Å². The summed E-state index contributed by atoms with van der Waals surface area (Å²) in [5.74, 6) is 0.829. The zero-order chi connectivity index (χ0) is 21.6. The molecule has 3 aromatic rings. The number of ether oxygens (including phenoxy) is 1. The van der Waals surface area contributed by atoms with Gasteiger partial charge < -0.3 is 10.1 Å². The number of amides is 1. The second-order valence-corrected chi connectivity index (χ2v) is 8.32. The first-order valence-electron chi connectivity index (χ1n) is 11.2. The van der Waals surface area contributed by atoms with Crippen molar-refractivity contribution in [1.82, 2.24) is 5.32 Å². The first kappa shape index (κ1) is 21.1. The number of rotatable bonds is 7. The molecule has 3 aromatic carbocycles. The normalized spacial score (nSPS) is 14.4. The lowest BCUT2D eigenvalue weighted by atomic mass is 9.94. The summed E-state index contributed by atoms with van der Waals surface area (Å²) in [6, 6.07) is 19.4. The van der Waals surface area contributed by atoms with Crippen molar-refractivity contribution in [3.8, 4) is 5.75 Å². The predicted molar refractivity (Wildman–Crippen MR) is 124 cm³/mol. The Hall–Kier alpha value is -3.14. The molecular formula is C27H29NO3. The molecule has 1 fully saturated rings. The van der Waals surface area contributed by atoms with Crippen LogP contribution in [0, 0.1) is 0 Å². The number of carbonyl (C=O) groups excluding carboxylic acids is 2. The van der Waals surface area contributed by atoms with Crippen LogP contribution in [-0.2, 0) is 11.2 Å². The number of hydrogen-bond donors (Lipinski definition) is 1. The number of nitrogens with one attached hydrogen (secondary N) is 1. The van der Waals surface area contributed by atoms with Crippen molar-refractivity contribution in [1.29, 1.82) is 0 Å². The predicted octanol–water partition coefficient (Wildman–Crippen LogP) is 5.46. The van der Waals surface area contributed by atoms with Gasteiger partial charge in [0.05, 0.1) is 6.10 Å². The highest BCUT2D eigenvalue weighted by atomic mass is 16.5. The summed E-state index contributed by atoms with van der Waals surface area (Å²) in [6.07, 6.45) is 6.90. The van der Waals surface area contributed by atoms with Crippen LogP contribution in [0.4, 0.5) is 0 Å². The van der Waals surface area contributed by atoms with Crippen LogP contribution in [0.5, 0.6) is 5.75 Å². The lowest BCUT2D eigenvalue weighted by molar-refractivity contribution is -0.118. The van der Waals surface area contributed by atoms with Crippen LogP contribution >= 0.6 is 0 Å². The maximum atomic E-state index is 13.1. The number of hydrogen-bond acceptors (Lipinski definition) is 3. The summed E-state index contributed by atoms with van der Waals surface area (Å²) >= 11 is 0. The van der Waals surface area contributed by atoms with E-state index in [4.69, 9.17) is 4.74 Å². The van der Waals surface area contributed by atoms with Crippen molar-refractivity contribution in [3.63, 3.8) is 0 Å². The Morgan fingerprint density at radius 3 is 2.45 bits per heavy atom. The summed E-state index contributed by atoms with van der Waals surface area (Å²) in [7, 11) is 0. The third-order valence-corrected chi connectivity index (χ3v) is 5.93. The summed E-state index contributed by atoms with van der Waals surface area (Å²) in [6.45, 7) is 2.05. The minimum atomic E-state index is -0.0536. The molecule has 0 bridgehead atoms. The number of carbonyl (C=O) groups is 2. The van der Waals surface area contributed by atoms with E-state index in [0.29, 0.717) is 24.1 Å². The Morgan fingerprint density at radius 1 is 0.935 bits per heavy atom.